The number of imidazole rings is 3. The number of unbranched alkanes of at least 4 members (excludes halogenated alkanes) is 2. The van der Waals surface area contributed by atoms with Crippen molar-refractivity contribution < 1.29 is 103 Å². The van der Waals surface area contributed by atoms with Crippen molar-refractivity contribution in [1.82, 2.24) is 98.1 Å². The zero-order chi connectivity index (χ0) is 73.9. The van der Waals surface area contributed by atoms with Crippen LogP contribution in [0.5, 0.6) is 0 Å². The summed E-state index contributed by atoms with van der Waals surface area (Å²) in [5.74, 6) is -14.4. The maximum Gasteiger partial charge on any atom is 0.326 e. The highest BCUT2D eigenvalue weighted by Crippen LogP contribution is 2.20. The lowest BCUT2D eigenvalue weighted by Crippen LogP contribution is -2.61. The molecule has 4 aromatic heterocycles. The fraction of sp³-hybridized carbons (Fsp3) is 0.583. The van der Waals surface area contributed by atoms with Crippen LogP contribution in [0.2, 0.25) is 0 Å². The lowest BCUT2D eigenvalue weighted by molar-refractivity contribution is -0.141. The van der Waals surface area contributed by atoms with Gasteiger partial charge in [-0.1, -0.05) is 26.0 Å². The normalized spacial score (nSPS) is 14.0. The molecule has 4 heterocycles. The zero-order valence-electron chi connectivity index (χ0n) is 55.3. The minimum Gasteiger partial charge on any atom is -0.481 e. The SMILES string of the molecule is CC(C)(C)CCC(=O)NCc1cn(CCCCC(=O)NC(CCC(=O)O)C(=O)NC(Cc2cnc[nH]2)C(=O)NC(CCC(=O)O)C(=O)NC(Cc2cnc[nH]2)C(O)NC(CCC(=O)O)C(=O)NC(Cc2cnc[nH]2)C(=O)NCCCCC(NC(=O)NC(CCC(=O)O)C(=O)O)C(=O)O)nn1. The number of urea groups is 1. The summed E-state index contributed by atoms with van der Waals surface area (Å²) in [4.78, 5) is 200. The van der Waals surface area contributed by atoms with Gasteiger partial charge in [-0.2, -0.15) is 0 Å². The van der Waals surface area contributed by atoms with Crippen molar-refractivity contribution in [2.24, 2.45) is 5.41 Å². The number of hydrogen-bond donors (Lipinski definition) is 20. The van der Waals surface area contributed by atoms with Crippen LogP contribution in [0, 0.1) is 5.41 Å². The molecule has 0 saturated carbocycles. The zero-order valence-corrected chi connectivity index (χ0v) is 55.3. The molecule has 0 aliphatic heterocycles. The third-order valence-electron chi connectivity index (χ3n) is 15.1. The number of aromatic nitrogens is 9. The average Bonchev–Trinajstić information content (AvgIpc) is 1.38. The molecule has 100 heavy (non-hydrogen) atoms. The highest BCUT2D eigenvalue weighted by atomic mass is 16.4. The minimum absolute atomic E-state index is 0.0154. The highest BCUT2D eigenvalue weighted by molar-refractivity contribution is 5.95. The van der Waals surface area contributed by atoms with Gasteiger partial charge in [-0.3, -0.25) is 62.7 Å². The second-order valence-electron chi connectivity index (χ2n) is 24.6. The lowest BCUT2D eigenvalue weighted by atomic mass is 9.90. The Bertz CT molecular complexity index is 3340. The Labute approximate surface area is 571 Å². The molecular formula is C60H89N19O21. The lowest BCUT2D eigenvalue weighted by Gasteiger charge is -2.31. The molecule has 0 radical (unpaired) electrons. The van der Waals surface area contributed by atoms with Crippen LogP contribution in [0.15, 0.2) is 43.8 Å². The van der Waals surface area contributed by atoms with Gasteiger partial charge in [-0.05, 0) is 69.6 Å². The molecule has 9 atom stereocenters. The van der Waals surface area contributed by atoms with E-state index >= 15 is 0 Å². The molecule has 40 nitrogen and oxygen atoms in total. The smallest absolute Gasteiger partial charge is 0.326 e. The summed E-state index contributed by atoms with van der Waals surface area (Å²) in [6.07, 6.45) is 3.22. The second kappa shape index (κ2) is 42.0. The summed E-state index contributed by atoms with van der Waals surface area (Å²) in [7, 11) is 0. The molecule has 20 N–H and O–H groups in total. The predicted molar refractivity (Wildman–Crippen MR) is 343 cm³/mol. The Balaban J connectivity index is 1.48. The number of nitrogens with zero attached hydrogens (tertiary/aromatic N) is 6. The van der Waals surface area contributed by atoms with Crippen LogP contribution in [0.25, 0.3) is 0 Å². The first-order chi connectivity index (χ1) is 47.3. The van der Waals surface area contributed by atoms with Crippen molar-refractivity contribution in [2.45, 2.75) is 210 Å². The number of H-pyrrole nitrogens is 3. The summed E-state index contributed by atoms with van der Waals surface area (Å²) in [5, 5.41) is 102. The van der Waals surface area contributed by atoms with E-state index in [0.29, 0.717) is 37.2 Å². The van der Waals surface area contributed by atoms with Crippen LogP contribution in [-0.2, 0) is 94.7 Å². The maximum absolute atomic E-state index is 14.5. The molecule has 0 fully saturated rings. The molecule has 0 aliphatic carbocycles. The highest BCUT2D eigenvalue weighted by Gasteiger charge is 2.36. The van der Waals surface area contributed by atoms with Gasteiger partial charge in [0.1, 0.15) is 48.2 Å². The number of aliphatic hydroxyl groups excluding tert-OH is 1. The van der Waals surface area contributed by atoms with E-state index in [1.165, 1.54) is 42.3 Å². The van der Waals surface area contributed by atoms with Crippen LogP contribution < -0.4 is 53.2 Å². The number of carbonyl (C=O) groups is 14. The number of hydrogen-bond acceptors (Lipinski definition) is 21. The number of carboxylic acids is 6. The number of carboxylic acid groups (broad SMARTS) is 6. The largest absolute Gasteiger partial charge is 0.481 e. The Morgan fingerprint density at radius 2 is 0.930 bits per heavy atom. The first-order valence-corrected chi connectivity index (χ1v) is 32.0. The molecule has 40 heteroatoms. The summed E-state index contributed by atoms with van der Waals surface area (Å²) in [6.45, 7) is 6.45. The quantitative estimate of drug-likeness (QED) is 0.0160. The van der Waals surface area contributed by atoms with Crippen LogP contribution in [-0.4, -0.2) is 225 Å². The second-order valence-corrected chi connectivity index (χ2v) is 24.6. The van der Waals surface area contributed by atoms with E-state index in [9.17, 15) is 97.8 Å². The third kappa shape index (κ3) is 32.4. The number of amides is 9. The Morgan fingerprint density at radius 1 is 0.470 bits per heavy atom. The standard InChI is InChI=1S/C60H89N19O21/c1-60(2,3)19-18-45(80)65-28-36-29-79(78-77-36)21-7-5-9-46(81)69-37(10-14-47(82)83)52(91)73-43(23-34-26-62-31-67-34)55(94)71-39(12-16-49(86)87)54(93)74-44(24-35-27-63-32-68-35)56(95)70-38(11-15-48(84)85)53(92)72-42(22-33-25-61-30-66-33)51(90)64-20-6-4-8-40(57(96)97)75-59(100)76-41(58(98)99)13-17-50(88)89/h25-27,29-32,37-44,56,70,95H,4-24,28H2,1-3H3,(H,61,66)(H,62,67)(H,63,68)(H,64,90)(H,65,80)(H,69,81)(H,71,94)(H,72,92)(H,73,91)(H,74,93)(H,82,83)(H,84,85)(H,86,87)(H,88,89)(H,96,97)(H,98,99)(H2,75,76,100). The molecule has 4 rings (SSSR count). The number of aliphatic carboxylic acids is 6. The van der Waals surface area contributed by atoms with Crippen molar-refractivity contribution in [1.29, 1.82) is 0 Å². The summed E-state index contributed by atoms with van der Waals surface area (Å²) in [5.41, 5.74) is 1.35. The molecule has 0 aromatic carbocycles. The third-order valence-corrected chi connectivity index (χ3v) is 15.1. The maximum atomic E-state index is 14.5. The van der Waals surface area contributed by atoms with Gasteiger partial charge in [0.2, 0.25) is 41.4 Å². The summed E-state index contributed by atoms with van der Waals surface area (Å²) >= 11 is 0. The van der Waals surface area contributed by atoms with Gasteiger partial charge in [0.25, 0.3) is 0 Å². The van der Waals surface area contributed by atoms with Crippen molar-refractivity contribution >= 4 is 83.2 Å². The molecular weight excluding hydrogens is 1320 g/mol. The van der Waals surface area contributed by atoms with Crippen LogP contribution in [0.1, 0.15) is 146 Å². The predicted octanol–water partition coefficient (Wildman–Crippen LogP) is -2.56. The number of aliphatic hydroxyl groups is 1. The Morgan fingerprint density at radius 3 is 1.44 bits per heavy atom. The monoisotopic (exact) mass is 1410 g/mol. The molecule has 0 aliphatic rings. The fourth-order valence-corrected chi connectivity index (χ4v) is 9.65. The van der Waals surface area contributed by atoms with Gasteiger partial charge in [0, 0.05) is 107 Å². The minimum atomic E-state index is -2.01. The first kappa shape index (κ1) is 81.5. The number of aryl methyl sites for hydroxylation is 1. The number of nitrogens with one attached hydrogen (secondary N) is 13. The van der Waals surface area contributed by atoms with Crippen LogP contribution >= 0.6 is 0 Å². The van der Waals surface area contributed by atoms with E-state index in [4.69, 9.17) is 5.11 Å². The van der Waals surface area contributed by atoms with Crippen molar-refractivity contribution in [3.8, 4) is 0 Å². The molecule has 550 valence electrons. The van der Waals surface area contributed by atoms with Crippen molar-refractivity contribution in [3.05, 3.63) is 66.5 Å². The van der Waals surface area contributed by atoms with E-state index in [1.54, 1.807) is 6.20 Å². The van der Waals surface area contributed by atoms with Gasteiger partial charge in [-0.25, -0.2) is 29.3 Å². The van der Waals surface area contributed by atoms with Gasteiger partial charge >= 0.3 is 41.8 Å². The molecule has 9 amide bonds. The van der Waals surface area contributed by atoms with Crippen molar-refractivity contribution in [3.63, 3.8) is 0 Å². The number of aromatic amines is 3. The van der Waals surface area contributed by atoms with E-state index in [-0.39, 0.29) is 87.2 Å². The molecule has 4 aromatic rings. The molecule has 0 saturated heterocycles. The van der Waals surface area contributed by atoms with Crippen LogP contribution in [0.4, 0.5) is 4.79 Å². The average molecular weight is 1410 g/mol. The van der Waals surface area contributed by atoms with Crippen LogP contribution in [0.3, 0.4) is 0 Å². The van der Waals surface area contributed by atoms with E-state index < -0.39 is 183 Å². The van der Waals surface area contributed by atoms with Gasteiger partial charge in [0.15, 0.2) is 0 Å². The Kier molecular flexibility index (Phi) is 34.2. The molecule has 0 bridgehead atoms. The molecule has 0 spiro atoms. The fourth-order valence-electron chi connectivity index (χ4n) is 9.65. The number of carbonyl (C=O) groups excluding carboxylic acids is 8. The van der Waals surface area contributed by atoms with Crippen molar-refractivity contribution in [2.75, 3.05) is 6.54 Å². The molecule has 9 unspecified atom stereocenters. The van der Waals surface area contributed by atoms with E-state index in [1.807, 2.05) is 26.1 Å². The van der Waals surface area contributed by atoms with Gasteiger partial charge in [-0.15, -0.1) is 5.10 Å². The van der Waals surface area contributed by atoms with Gasteiger partial charge < -0.3 is 98.5 Å². The van der Waals surface area contributed by atoms with E-state index in [2.05, 4.69) is 88.1 Å². The topological polar surface area (TPSA) is 618 Å². The summed E-state index contributed by atoms with van der Waals surface area (Å²) < 4.78 is 1.54. The number of rotatable bonds is 49. The summed E-state index contributed by atoms with van der Waals surface area (Å²) in [6, 6.07) is -14.0. The Hall–Kier alpha value is -10.9. The first-order valence-electron chi connectivity index (χ1n) is 32.0. The van der Waals surface area contributed by atoms with E-state index in [0.717, 1.165) is 0 Å². The van der Waals surface area contributed by atoms with Gasteiger partial charge in [0.05, 0.1) is 43.8 Å².